The Bertz CT molecular complexity index is 380. The number of nitrogens with one attached hydrogen (secondary N) is 4. The van der Waals surface area contributed by atoms with Gasteiger partial charge in [0.25, 0.3) is 0 Å². The van der Waals surface area contributed by atoms with Gasteiger partial charge in [-0.2, -0.15) is 0 Å². The lowest BCUT2D eigenvalue weighted by molar-refractivity contribution is -0.137. The van der Waals surface area contributed by atoms with Crippen molar-refractivity contribution in [2.24, 2.45) is 0 Å². The molecule has 9 heteroatoms. The summed E-state index contributed by atoms with van der Waals surface area (Å²) in [7, 11) is 0. The van der Waals surface area contributed by atoms with Crippen LogP contribution in [0.4, 0.5) is 4.79 Å². The number of hydrogen-bond acceptors (Lipinski definition) is 4. The quantitative estimate of drug-likeness (QED) is 0.357. The summed E-state index contributed by atoms with van der Waals surface area (Å²) in [5, 5.41) is 17.5. The van der Waals surface area contributed by atoms with Gasteiger partial charge in [0.1, 0.15) is 6.54 Å². The maximum absolute atomic E-state index is 11.2. The van der Waals surface area contributed by atoms with E-state index in [1.165, 1.54) is 0 Å². The highest BCUT2D eigenvalue weighted by Crippen LogP contribution is 2.17. The van der Waals surface area contributed by atoms with Gasteiger partial charge in [0.15, 0.2) is 0 Å². The van der Waals surface area contributed by atoms with Crippen molar-refractivity contribution in [1.29, 1.82) is 0 Å². The summed E-state index contributed by atoms with van der Waals surface area (Å²) in [6.07, 6.45) is 1.92. The number of hydrogen-bond donors (Lipinski definition) is 5. The maximum atomic E-state index is 11.2. The molecule has 1 fully saturated rings. The fraction of sp³-hybridized carbons (Fsp3) is 0.600. The standard InChI is InChI=1S/C10H16N4O5/c15-7(11-5-9(17)18)3-12-10(19)13-4-8(16)14-6-1-2-6/h6H,1-5H2,(H,11,15)(H,14,16)(H,17,18)(H2,12,13,19). The molecule has 0 saturated heterocycles. The summed E-state index contributed by atoms with van der Waals surface area (Å²) in [5.74, 6) is -2.08. The fourth-order valence-corrected chi connectivity index (χ4v) is 1.13. The second-order valence-corrected chi connectivity index (χ2v) is 4.05. The van der Waals surface area contributed by atoms with Gasteiger partial charge in [-0.3, -0.25) is 14.4 Å². The third-order valence-corrected chi connectivity index (χ3v) is 2.20. The van der Waals surface area contributed by atoms with Gasteiger partial charge in [0.05, 0.1) is 13.1 Å². The molecule has 0 radical (unpaired) electrons. The minimum Gasteiger partial charge on any atom is -0.480 e. The van der Waals surface area contributed by atoms with Crippen LogP contribution in [0.15, 0.2) is 0 Å². The molecule has 0 aromatic rings. The lowest BCUT2D eigenvalue weighted by Crippen LogP contribution is -2.46. The van der Waals surface area contributed by atoms with Crippen LogP contribution in [-0.4, -0.2) is 54.6 Å². The Kier molecular flexibility index (Phi) is 5.58. The molecule has 1 saturated carbocycles. The summed E-state index contributed by atoms with van der Waals surface area (Å²) in [4.78, 5) is 43.6. The Morgan fingerprint density at radius 2 is 1.47 bits per heavy atom. The zero-order valence-electron chi connectivity index (χ0n) is 10.2. The molecule has 0 spiro atoms. The average Bonchev–Trinajstić information content (AvgIpc) is 3.15. The predicted molar refractivity (Wildman–Crippen MR) is 63.2 cm³/mol. The van der Waals surface area contributed by atoms with Crippen LogP contribution in [0.1, 0.15) is 12.8 Å². The van der Waals surface area contributed by atoms with Crippen LogP contribution in [0.25, 0.3) is 0 Å². The van der Waals surface area contributed by atoms with E-state index < -0.39 is 24.5 Å². The molecule has 1 aliphatic carbocycles. The van der Waals surface area contributed by atoms with Gasteiger partial charge in [0.2, 0.25) is 11.8 Å². The van der Waals surface area contributed by atoms with E-state index in [0.29, 0.717) is 0 Å². The molecule has 0 aromatic heterocycles. The molecule has 0 atom stereocenters. The molecule has 5 N–H and O–H groups in total. The molecule has 1 rings (SSSR count). The second kappa shape index (κ2) is 7.19. The third kappa shape index (κ3) is 7.58. The molecule has 1 aliphatic rings. The zero-order chi connectivity index (χ0) is 14.3. The molecule has 0 unspecified atom stereocenters. The van der Waals surface area contributed by atoms with Crippen LogP contribution in [0, 0.1) is 0 Å². The van der Waals surface area contributed by atoms with E-state index in [0.717, 1.165) is 12.8 Å². The van der Waals surface area contributed by atoms with Crippen LogP contribution in [0.2, 0.25) is 0 Å². The molecule has 19 heavy (non-hydrogen) atoms. The maximum Gasteiger partial charge on any atom is 0.322 e. The summed E-state index contributed by atoms with van der Waals surface area (Å²) in [5.41, 5.74) is 0. The third-order valence-electron chi connectivity index (χ3n) is 2.20. The van der Waals surface area contributed by atoms with E-state index in [-0.39, 0.29) is 25.0 Å². The molecule has 0 aromatic carbocycles. The first-order valence-electron chi connectivity index (χ1n) is 5.77. The van der Waals surface area contributed by atoms with Crippen molar-refractivity contribution in [3.05, 3.63) is 0 Å². The van der Waals surface area contributed by atoms with Crippen LogP contribution in [-0.2, 0) is 14.4 Å². The van der Waals surface area contributed by atoms with E-state index >= 15 is 0 Å². The van der Waals surface area contributed by atoms with Gasteiger partial charge in [-0.25, -0.2) is 4.79 Å². The van der Waals surface area contributed by atoms with Crippen molar-refractivity contribution >= 4 is 23.8 Å². The average molecular weight is 272 g/mol. The summed E-state index contributed by atoms with van der Waals surface area (Å²) in [6.45, 7) is -1.03. The van der Waals surface area contributed by atoms with Gasteiger partial charge >= 0.3 is 12.0 Å². The zero-order valence-corrected chi connectivity index (χ0v) is 10.2. The normalized spacial score (nSPS) is 13.3. The Hall–Kier alpha value is -2.32. The van der Waals surface area contributed by atoms with Crippen molar-refractivity contribution in [2.45, 2.75) is 18.9 Å². The Labute approximate surface area is 109 Å². The van der Waals surface area contributed by atoms with Gasteiger partial charge in [0, 0.05) is 6.04 Å². The molecule has 0 bridgehead atoms. The molecule has 0 aliphatic heterocycles. The Morgan fingerprint density at radius 3 is 2.00 bits per heavy atom. The number of carbonyl (C=O) groups is 4. The summed E-state index contributed by atoms with van der Waals surface area (Å²) < 4.78 is 0. The van der Waals surface area contributed by atoms with Crippen LogP contribution in [0.5, 0.6) is 0 Å². The van der Waals surface area contributed by atoms with Gasteiger partial charge < -0.3 is 26.4 Å². The first kappa shape index (κ1) is 14.7. The lowest BCUT2D eigenvalue weighted by Gasteiger charge is -2.07. The Balaban J connectivity index is 2.04. The van der Waals surface area contributed by atoms with Gasteiger partial charge in [-0.15, -0.1) is 0 Å². The number of rotatable bonds is 7. The summed E-state index contributed by atoms with van der Waals surface area (Å²) in [6, 6.07) is -0.449. The topological polar surface area (TPSA) is 137 Å². The van der Waals surface area contributed by atoms with Crippen LogP contribution < -0.4 is 21.3 Å². The van der Waals surface area contributed by atoms with Crippen molar-refractivity contribution in [3.63, 3.8) is 0 Å². The molecular weight excluding hydrogens is 256 g/mol. The number of carboxylic acids is 1. The Morgan fingerprint density at radius 1 is 0.895 bits per heavy atom. The summed E-state index contributed by atoms with van der Waals surface area (Å²) >= 11 is 0. The fourth-order valence-electron chi connectivity index (χ4n) is 1.13. The van der Waals surface area contributed by atoms with Crippen LogP contribution >= 0.6 is 0 Å². The molecule has 4 amide bonds. The smallest absolute Gasteiger partial charge is 0.322 e. The SMILES string of the molecule is O=C(O)CNC(=O)CNC(=O)NCC(=O)NC1CC1. The van der Waals surface area contributed by atoms with Crippen molar-refractivity contribution in [1.82, 2.24) is 21.3 Å². The van der Waals surface area contributed by atoms with E-state index in [9.17, 15) is 19.2 Å². The first-order chi connectivity index (χ1) is 8.97. The molecule has 106 valence electrons. The van der Waals surface area contributed by atoms with Gasteiger partial charge in [-0.1, -0.05) is 0 Å². The minimum absolute atomic E-state index is 0.168. The molecule has 9 nitrogen and oxygen atoms in total. The monoisotopic (exact) mass is 272 g/mol. The van der Waals surface area contributed by atoms with Crippen molar-refractivity contribution < 1.29 is 24.3 Å². The van der Waals surface area contributed by atoms with Crippen molar-refractivity contribution in [2.75, 3.05) is 19.6 Å². The molecule has 0 heterocycles. The van der Waals surface area contributed by atoms with Crippen molar-refractivity contribution in [3.8, 4) is 0 Å². The largest absolute Gasteiger partial charge is 0.480 e. The van der Waals surface area contributed by atoms with Crippen LogP contribution in [0.3, 0.4) is 0 Å². The first-order valence-corrected chi connectivity index (χ1v) is 5.77. The van der Waals surface area contributed by atoms with E-state index in [1.54, 1.807) is 0 Å². The molecular formula is C10H16N4O5. The lowest BCUT2D eigenvalue weighted by atomic mass is 10.5. The number of urea groups is 1. The van der Waals surface area contributed by atoms with Gasteiger partial charge in [-0.05, 0) is 12.8 Å². The number of amides is 4. The highest BCUT2D eigenvalue weighted by molar-refractivity contribution is 5.88. The van der Waals surface area contributed by atoms with E-state index in [1.807, 2.05) is 0 Å². The highest BCUT2D eigenvalue weighted by atomic mass is 16.4. The van der Waals surface area contributed by atoms with E-state index in [4.69, 9.17) is 5.11 Å². The second-order valence-electron chi connectivity index (χ2n) is 4.05. The number of aliphatic carboxylic acids is 1. The minimum atomic E-state index is -1.17. The number of carbonyl (C=O) groups excluding carboxylic acids is 3. The number of carboxylic acid groups (broad SMARTS) is 1. The van der Waals surface area contributed by atoms with E-state index in [2.05, 4.69) is 21.3 Å². The highest BCUT2D eigenvalue weighted by Gasteiger charge is 2.23. The predicted octanol–water partition coefficient (Wildman–Crippen LogP) is -2.23.